The van der Waals surface area contributed by atoms with Gasteiger partial charge in [0.1, 0.15) is 23.0 Å². The van der Waals surface area contributed by atoms with Crippen molar-refractivity contribution in [3.63, 3.8) is 0 Å². The van der Waals surface area contributed by atoms with Crippen LogP contribution in [0.15, 0.2) is 72.8 Å². The van der Waals surface area contributed by atoms with Crippen molar-refractivity contribution in [2.45, 2.75) is 209 Å². The normalized spacial score (nSPS) is 13.6. The zero-order valence-corrected chi connectivity index (χ0v) is 56.1. The molecule has 0 amide bonds. The number of nitrogens with zero attached hydrogens (tertiary/aromatic N) is 4. The van der Waals surface area contributed by atoms with Crippen LogP contribution in [0, 0.1) is 0 Å². The van der Waals surface area contributed by atoms with Crippen LogP contribution in [0.25, 0.3) is 90.9 Å². The number of aromatic nitrogens is 4. The van der Waals surface area contributed by atoms with Crippen LogP contribution >= 0.6 is 0 Å². The zero-order valence-electron chi connectivity index (χ0n) is 55.1. The second kappa shape index (κ2) is 21.2. The molecule has 0 radical (unpaired) electrons. The first-order valence-corrected chi connectivity index (χ1v) is 29.9. The van der Waals surface area contributed by atoms with E-state index in [9.17, 15) is 20.4 Å². The fourth-order valence-electron chi connectivity index (χ4n) is 12.0. The number of phenolic OH excluding ortho intramolecular Hbond substituents is 4. The maximum atomic E-state index is 12.2. The summed E-state index contributed by atoms with van der Waals surface area (Å²) in [5, 5.41) is 48.8. The van der Waals surface area contributed by atoms with Gasteiger partial charge in [0.2, 0.25) is 0 Å². The van der Waals surface area contributed by atoms with E-state index in [4.69, 9.17) is 19.9 Å². The molecule has 0 fully saturated rings. The molecule has 9 heteroatoms. The van der Waals surface area contributed by atoms with E-state index in [2.05, 4.69) is 263 Å². The van der Waals surface area contributed by atoms with Gasteiger partial charge in [-0.25, -0.2) is 9.97 Å². The van der Waals surface area contributed by atoms with E-state index < -0.39 is 43.3 Å². The van der Waals surface area contributed by atoms with Crippen LogP contribution in [-0.2, 0) is 59.8 Å². The van der Waals surface area contributed by atoms with Crippen LogP contribution in [0.1, 0.15) is 233 Å². The Bertz CT molecular complexity index is 3410. The van der Waals surface area contributed by atoms with Gasteiger partial charge in [0.15, 0.2) is 0 Å². The number of hydrogen-bond acceptors (Lipinski definition) is 6. The average molecular weight is 1180 g/mol. The van der Waals surface area contributed by atoms with Gasteiger partial charge in [0, 0.05) is 44.5 Å². The minimum absolute atomic E-state index is 0. The predicted molar refractivity (Wildman–Crippen MR) is 355 cm³/mol. The summed E-state index contributed by atoms with van der Waals surface area (Å²) in [6, 6.07) is 25.2. The number of phenols is 4. The summed E-state index contributed by atoms with van der Waals surface area (Å²) >= 11 is 0. The summed E-state index contributed by atoms with van der Waals surface area (Å²) in [5.41, 5.74) is 15.2. The van der Waals surface area contributed by atoms with Gasteiger partial charge in [-0.15, -0.1) is 22.1 Å². The Hall–Kier alpha value is -6.83. The number of rotatable bonds is 4. The summed E-state index contributed by atoms with van der Waals surface area (Å²) < 4.78 is 0. The van der Waals surface area contributed by atoms with Gasteiger partial charge in [0.25, 0.3) is 0 Å². The van der Waals surface area contributed by atoms with Crippen LogP contribution in [0.2, 0.25) is 0 Å². The maximum Gasteiger partial charge on any atom is 2.00 e. The molecule has 0 saturated heterocycles. The molecule has 7 aromatic rings. The van der Waals surface area contributed by atoms with Crippen LogP contribution in [0.4, 0.5) is 0 Å². The Morgan fingerprint density at radius 3 is 0.529 bits per heavy atom. The van der Waals surface area contributed by atoms with Crippen LogP contribution in [0.3, 0.4) is 0 Å². The molecule has 0 spiro atoms. The Balaban J connectivity index is 0.00000940. The molecule has 0 atom stereocenters. The van der Waals surface area contributed by atoms with Crippen molar-refractivity contribution in [2.24, 2.45) is 0 Å². The SMILES string of the molecule is CC(C)(C)c1cc(-c2c3nc(c(-c4cc(C(C)(C)C)c(O)c(C(C)(C)C)c4)c4ccc([n-]4)c(-c4cc(C(C)(C)C)c(O)c(C(C)(C)C)c4)c4nc(c(-c5cc(C(C)(C)C)c(O)c(C(C)(C)C)c5)c5ccc2[n-]5)C=C4)C=C3)cc(C(C)(C)C)c1O.[Ni+2]. The number of hydrogen-bond donors (Lipinski definition) is 4. The Kier molecular flexibility index (Phi) is 16.0. The molecule has 85 heavy (non-hydrogen) atoms. The van der Waals surface area contributed by atoms with Gasteiger partial charge in [-0.3, -0.25) is 0 Å². The first-order valence-electron chi connectivity index (χ1n) is 29.9. The molecule has 4 aromatic carbocycles. The smallest absolute Gasteiger partial charge is 0.657 e. The molecule has 4 N–H and O–H groups in total. The van der Waals surface area contributed by atoms with Crippen molar-refractivity contribution < 1.29 is 36.9 Å². The van der Waals surface area contributed by atoms with E-state index >= 15 is 0 Å². The third-order valence-electron chi connectivity index (χ3n) is 16.7. The van der Waals surface area contributed by atoms with Crippen molar-refractivity contribution in [3.8, 4) is 67.5 Å². The van der Waals surface area contributed by atoms with E-state index in [1.54, 1.807) is 0 Å². The summed E-state index contributed by atoms with van der Waals surface area (Å²) in [5.74, 6) is 1.12. The van der Waals surface area contributed by atoms with E-state index in [0.717, 1.165) is 89.0 Å². The summed E-state index contributed by atoms with van der Waals surface area (Å²) in [4.78, 5) is 22.9. The minimum Gasteiger partial charge on any atom is -0.657 e. The maximum absolute atomic E-state index is 12.2. The van der Waals surface area contributed by atoms with Gasteiger partial charge in [-0.2, -0.15) is 0 Å². The molecular weight excluding hydrogens is 1090 g/mol. The van der Waals surface area contributed by atoms with Gasteiger partial charge in [-0.05, 0) is 161 Å². The van der Waals surface area contributed by atoms with Gasteiger partial charge in [-0.1, -0.05) is 190 Å². The second-order valence-electron chi connectivity index (χ2n) is 32.0. The summed E-state index contributed by atoms with van der Waals surface area (Å²) in [7, 11) is 0. The molecule has 0 saturated carbocycles. The molecule has 3 aromatic heterocycles. The van der Waals surface area contributed by atoms with Crippen molar-refractivity contribution >= 4 is 46.4 Å². The largest absolute Gasteiger partial charge is 2.00 e. The van der Waals surface area contributed by atoms with E-state index in [1.165, 1.54) is 0 Å². The average Bonchev–Trinajstić information content (AvgIpc) is 2.77. The van der Waals surface area contributed by atoms with Gasteiger partial charge >= 0.3 is 16.5 Å². The molecule has 9 rings (SSSR count). The van der Waals surface area contributed by atoms with Crippen molar-refractivity contribution in [1.82, 2.24) is 19.9 Å². The number of fused-ring (bicyclic) bond motifs is 8. The first kappa shape index (κ1) is 64.2. The molecule has 8 bridgehead atoms. The third-order valence-corrected chi connectivity index (χ3v) is 16.7. The summed E-state index contributed by atoms with van der Waals surface area (Å²) in [6.45, 7) is 51.2. The third kappa shape index (κ3) is 12.2. The first-order chi connectivity index (χ1) is 38.3. The quantitative estimate of drug-likeness (QED) is 0.128. The monoisotopic (exact) mass is 1180 g/mol. The Morgan fingerprint density at radius 1 is 0.259 bits per heavy atom. The predicted octanol–water partition coefficient (Wildman–Crippen LogP) is 19.8. The second-order valence-corrected chi connectivity index (χ2v) is 32.0. The molecule has 450 valence electrons. The van der Waals surface area contributed by atoms with Crippen molar-refractivity contribution in [3.05, 3.63) is 140 Å². The topological polar surface area (TPSA) is 135 Å². The molecular formula is C76H92N4NiO4. The van der Waals surface area contributed by atoms with E-state index in [0.29, 0.717) is 44.8 Å². The number of benzene rings is 4. The Labute approximate surface area is 517 Å². The number of aromatic hydroxyl groups is 4. The minimum atomic E-state index is -0.431. The molecule has 2 aliphatic rings. The molecule has 8 nitrogen and oxygen atoms in total. The van der Waals surface area contributed by atoms with E-state index in [-0.39, 0.29) is 39.5 Å². The Morgan fingerprint density at radius 2 is 0.400 bits per heavy atom. The van der Waals surface area contributed by atoms with E-state index in [1.807, 2.05) is 0 Å². The van der Waals surface area contributed by atoms with Gasteiger partial charge < -0.3 is 30.4 Å². The van der Waals surface area contributed by atoms with Crippen LogP contribution in [-0.4, -0.2) is 30.4 Å². The zero-order chi connectivity index (χ0) is 62.3. The summed E-state index contributed by atoms with van der Waals surface area (Å²) in [6.07, 6.45) is 8.31. The van der Waals surface area contributed by atoms with Crippen molar-refractivity contribution in [2.75, 3.05) is 0 Å². The molecule has 0 unspecified atom stereocenters. The molecule has 0 aliphatic carbocycles. The van der Waals surface area contributed by atoms with Gasteiger partial charge in [0.05, 0.1) is 22.8 Å². The van der Waals surface area contributed by atoms with Crippen LogP contribution < -0.4 is 9.97 Å². The van der Waals surface area contributed by atoms with Crippen molar-refractivity contribution in [1.29, 1.82) is 0 Å². The molecule has 5 heterocycles. The van der Waals surface area contributed by atoms with Crippen LogP contribution in [0.5, 0.6) is 23.0 Å². The fourth-order valence-corrected chi connectivity index (χ4v) is 12.0. The standard InChI is InChI=1S/C76H92N4O4.Ni/c1-69(2,3)45-33-41(34-46(65(45)81)70(4,5)6)61-53-25-27-55(77-53)62(42-35-47(71(7,8)9)66(82)48(36-42)72(10,11)12)57-29-31-59(79-57)64(44-39-51(75(19,20)21)68(84)52(40-44)76(22,23)24)60-32-30-58(80-60)63(56-28-26-54(61)78-56)43-37-49(73(13,14)15)67(83)50(38-43)74(16,17)18;/h25-40H,1-24H3,(H4-2,77,78,79,80,81,82,83,84);/q-2;+2. The molecule has 2 aliphatic heterocycles. The fraction of sp³-hybridized carbons (Fsp3) is 0.421.